The van der Waals surface area contributed by atoms with Crippen molar-refractivity contribution in [3.05, 3.63) is 65.7 Å². The van der Waals surface area contributed by atoms with E-state index in [0.717, 1.165) is 24.2 Å². The number of benzene rings is 2. The lowest BCUT2D eigenvalue weighted by Crippen LogP contribution is -2.41. The molecule has 2 amide bonds. The van der Waals surface area contributed by atoms with Gasteiger partial charge in [0.05, 0.1) is 13.2 Å². The Morgan fingerprint density at radius 2 is 1.67 bits per heavy atom. The molecule has 0 heterocycles. The highest BCUT2D eigenvalue weighted by atomic mass is 16.5. The van der Waals surface area contributed by atoms with Crippen LogP contribution in [-0.4, -0.2) is 19.2 Å². The van der Waals surface area contributed by atoms with E-state index in [2.05, 4.69) is 22.8 Å². The molecule has 0 saturated carbocycles. The van der Waals surface area contributed by atoms with E-state index in [9.17, 15) is 4.79 Å². The Bertz CT molecular complexity index is 626. The molecule has 4 nitrogen and oxygen atoms in total. The Kier molecular flexibility index (Phi) is 6.67. The standard InChI is InChI=1S/C20H26N2O2/c1-15(9-10-17-11-13-19(24-3)14-12-17)21-20(23)22-16(2)18-7-5-4-6-8-18/h4-8,11-16H,9-10H2,1-3H3,(H2,21,22,23). The average molecular weight is 326 g/mol. The maximum absolute atomic E-state index is 12.1. The van der Waals surface area contributed by atoms with Crippen LogP contribution in [0.3, 0.4) is 0 Å². The summed E-state index contributed by atoms with van der Waals surface area (Å²) in [5, 5.41) is 5.97. The topological polar surface area (TPSA) is 50.4 Å². The van der Waals surface area contributed by atoms with Crippen LogP contribution in [0.2, 0.25) is 0 Å². The van der Waals surface area contributed by atoms with Gasteiger partial charge >= 0.3 is 6.03 Å². The molecule has 0 spiro atoms. The van der Waals surface area contributed by atoms with Gasteiger partial charge in [0.1, 0.15) is 5.75 Å². The summed E-state index contributed by atoms with van der Waals surface area (Å²) in [6, 6.07) is 17.9. The predicted molar refractivity (Wildman–Crippen MR) is 97.3 cm³/mol. The summed E-state index contributed by atoms with van der Waals surface area (Å²) in [5.74, 6) is 0.860. The number of carbonyl (C=O) groups is 1. The van der Waals surface area contributed by atoms with Gasteiger partial charge in [-0.3, -0.25) is 0 Å². The van der Waals surface area contributed by atoms with Crippen LogP contribution in [0, 0.1) is 0 Å². The second kappa shape index (κ2) is 8.96. The second-order valence-corrected chi connectivity index (χ2v) is 6.04. The third-order valence-electron chi connectivity index (χ3n) is 4.05. The molecule has 24 heavy (non-hydrogen) atoms. The van der Waals surface area contributed by atoms with Crippen molar-refractivity contribution in [3.63, 3.8) is 0 Å². The van der Waals surface area contributed by atoms with Crippen molar-refractivity contribution >= 4 is 6.03 Å². The molecular formula is C20H26N2O2. The van der Waals surface area contributed by atoms with E-state index in [1.807, 2.05) is 56.3 Å². The van der Waals surface area contributed by atoms with Gasteiger partial charge in [0, 0.05) is 6.04 Å². The normalized spacial score (nSPS) is 13.0. The molecule has 4 heteroatoms. The first-order valence-electron chi connectivity index (χ1n) is 8.33. The predicted octanol–water partition coefficient (Wildman–Crippen LogP) is 4.08. The van der Waals surface area contributed by atoms with Crippen LogP contribution in [-0.2, 0) is 6.42 Å². The minimum atomic E-state index is -0.131. The van der Waals surface area contributed by atoms with Crippen LogP contribution < -0.4 is 15.4 Å². The summed E-state index contributed by atoms with van der Waals surface area (Å²) in [7, 11) is 1.66. The molecular weight excluding hydrogens is 300 g/mol. The molecule has 2 atom stereocenters. The van der Waals surface area contributed by atoms with E-state index < -0.39 is 0 Å². The molecule has 2 N–H and O–H groups in total. The molecule has 0 aliphatic carbocycles. The summed E-state index contributed by atoms with van der Waals surface area (Å²) >= 11 is 0. The smallest absolute Gasteiger partial charge is 0.315 e. The van der Waals surface area contributed by atoms with Gasteiger partial charge < -0.3 is 15.4 Å². The third kappa shape index (κ3) is 5.61. The maximum atomic E-state index is 12.1. The van der Waals surface area contributed by atoms with Crippen LogP contribution in [0.5, 0.6) is 5.75 Å². The van der Waals surface area contributed by atoms with Crippen LogP contribution >= 0.6 is 0 Å². The largest absolute Gasteiger partial charge is 0.497 e. The number of rotatable bonds is 7. The van der Waals surface area contributed by atoms with Crippen molar-refractivity contribution in [2.75, 3.05) is 7.11 Å². The van der Waals surface area contributed by atoms with Gasteiger partial charge in [-0.05, 0) is 49.9 Å². The minimum Gasteiger partial charge on any atom is -0.497 e. The van der Waals surface area contributed by atoms with Gasteiger partial charge in [0.25, 0.3) is 0 Å². The first-order chi connectivity index (χ1) is 11.6. The van der Waals surface area contributed by atoms with Gasteiger partial charge in [0.2, 0.25) is 0 Å². The van der Waals surface area contributed by atoms with Crippen LogP contribution in [0.4, 0.5) is 4.79 Å². The fourth-order valence-corrected chi connectivity index (χ4v) is 2.53. The number of urea groups is 1. The lowest BCUT2D eigenvalue weighted by Gasteiger charge is -2.18. The number of aryl methyl sites for hydroxylation is 1. The number of hydrogen-bond donors (Lipinski definition) is 2. The molecule has 0 saturated heterocycles. The zero-order valence-electron chi connectivity index (χ0n) is 14.6. The molecule has 2 aromatic carbocycles. The monoisotopic (exact) mass is 326 g/mol. The van der Waals surface area contributed by atoms with Gasteiger partial charge in [-0.1, -0.05) is 42.5 Å². The molecule has 2 aromatic rings. The molecule has 0 aliphatic rings. The van der Waals surface area contributed by atoms with Crippen molar-refractivity contribution in [2.24, 2.45) is 0 Å². The zero-order valence-corrected chi connectivity index (χ0v) is 14.6. The molecule has 0 radical (unpaired) electrons. The fourth-order valence-electron chi connectivity index (χ4n) is 2.53. The highest BCUT2D eigenvalue weighted by molar-refractivity contribution is 5.74. The van der Waals surface area contributed by atoms with Crippen molar-refractivity contribution in [3.8, 4) is 5.75 Å². The summed E-state index contributed by atoms with van der Waals surface area (Å²) < 4.78 is 5.16. The second-order valence-electron chi connectivity index (χ2n) is 6.04. The first kappa shape index (κ1) is 17.9. The Labute approximate surface area is 144 Å². The van der Waals surface area contributed by atoms with Crippen LogP contribution in [0.1, 0.15) is 37.4 Å². The highest BCUT2D eigenvalue weighted by Crippen LogP contribution is 2.13. The number of methoxy groups -OCH3 is 1. The summed E-state index contributed by atoms with van der Waals surface area (Å²) in [6.45, 7) is 4.01. The van der Waals surface area contributed by atoms with Crippen molar-refractivity contribution < 1.29 is 9.53 Å². The van der Waals surface area contributed by atoms with E-state index in [4.69, 9.17) is 4.74 Å². The lowest BCUT2D eigenvalue weighted by molar-refractivity contribution is 0.234. The van der Waals surface area contributed by atoms with Gasteiger partial charge in [-0.15, -0.1) is 0 Å². The van der Waals surface area contributed by atoms with Crippen molar-refractivity contribution in [2.45, 2.75) is 38.8 Å². The summed E-state index contributed by atoms with van der Waals surface area (Å²) in [6.07, 6.45) is 1.80. The third-order valence-corrected chi connectivity index (χ3v) is 4.05. The van der Waals surface area contributed by atoms with Gasteiger partial charge in [-0.25, -0.2) is 4.79 Å². The Hall–Kier alpha value is -2.49. The van der Waals surface area contributed by atoms with E-state index in [-0.39, 0.29) is 18.1 Å². The van der Waals surface area contributed by atoms with Gasteiger partial charge in [0.15, 0.2) is 0 Å². The maximum Gasteiger partial charge on any atom is 0.315 e. The molecule has 2 unspecified atom stereocenters. The number of nitrogens with one attached hydrogen (secondary N) is 2. The van der Waals surface area contributed by atoms with E-state index in [1.54, 1.807) is 7.11 Å². The number of carbonyl (C=O) groups excluding carboxylic acids is 1. The summed E-state index contributed by atoms with van der Waals surface area (Å²) in [5.41, 5.74) is 2.33. The average Bonchev–Trinajstić information content (AvgIpc) is 2.61. The Balaban J connectivity index is 1.74. The number of amides is 2. The number of hydrogen-bond acceptors (Lipinski definition) is 2. The molecule has 0 fully saturated rings. The fraction of sp³-hybridized carbons (Fsp3) is 0.350. The molecule has 0 aliphatic heterocycles. The molecule has 0 aromatic heterocycles. The lowest BCUT2D eigenvalue weighted by atomic mass is 10.1. The molecule has 128 valence electrons. The summed E-state index contributed by atoms with van der Waals surface area (Å²) in [4.78, 5) is 12.1. The van der Waals surface area contributed by atoms with Crippen LogP contribution in [0.25, 0.3) is 0 Å². The van der Waals surface area contributed by atoms with Crippen LogP contribution in [0.15, 0.2) is 54.6 Å². The van der Waals surface area contributed by atoms with E-state index >= 15 is 0 Å². The molecule has 2 rings (SSSR count). The van der Waals surface area contributed by atoms with Crippen molar-refractivity contribution in [1.29, 1.82) is 0 Å². The Morgan fingerprint density at radius 1 is 1.00 bits per heavy atom. The Morgan fingerprint density at radius 3 is 2.29 bits per heavy atom. The van der Waals surface area contributed by atoms with Gasteiger partial charge in [-0.2, -0.15) is 0 Å². The minimum absolute atomic E-state index is 0.0139. The highest BCUT2D eigenvalue weighted by Gasteiger charge is 2.11. The van der Waals surface area contributed by atoms with E-state index in [0.29, 0.717) is 0 Å². The zero-order chi connectivity index (χ0) is 17.4. The first-order valence-corrected chi connectivity index (χ1v) is 8.33. The SMILES string of the molecule is COc1ccc(CCC(C)NC(=O)NC(C)c2ccccc2)cc1. The number of ether oxygens (including phenoxy) is 1. The van der Waals surface area contributed by atoms with Crippen molar-refractivity contribution in [1.82, 2.24) is 10.6 Å². The quantitative estimate of drug-likeness (QED) is 0.805. The van der Waals surface area contributed by atoms with E-state index in [1.165, 1.54) is 5.56 Å². The molecule has 0 bridgehead atoms.